The van der Waals surface area contributed by atoms with E-state index in [1.807, 2.05) is 49.4 Å². The summed E-state index contributed by atoms with van der Waals surface area (Å²) in [6.45, 7) is 1.90. The molecule has 0 unspecified atom stereocenters. The van der Waals surface area contributed by atoms with Gasteiger partial charge in [-0.1, -0.05) is 30.3 Å². The van der Waals surface area contributed by atoms with Gasteiger partial charge in [-0.25, -0.2) is 9.97 Å². The van der Waals surface area contributed by atoms with Crippen LogP contribution in [0.25, 0.3) is 22.3 Å². The highest BCUT2D eigenvalue weighted by Crippen LogP contribution is 2.28. The first kappa shape index (κ1) is 15.2. The molecule has 0 fully saturated rings. The molecule has 0 saturated heterocycles. The summed E-state index contributed by atoms with van der Waals surface area (Å²) in [5.74, 6) is 2.30. The van der Waals surface area contributed by atoms with Crippen LogP contribution < -0.4 is 10.1 Å². The number of aryl methyl sites for hydroxylation is 1. The smallest absolute Gasteiger partial charge is 0.158 e. The molecule has 0 amide bonds. The van der Waals surface area contributed by atoms with Crippen LogP contribution in [0.1, 0.15) is 5.82 Å². The Hall–Kier alpha value is -3.34. The van der Waals surface area contributed by atoms with E-state index in [-0.39, 0.29) is 0 Å². The Kier molecular flexibility index (Phi) is 3.82. The first-order valence-corrected chi connectivity index (χ1v) is 8.07. The van der Waals surface area contributed by atoms with Gasteiger partial charge in [0.1, 0.15) is 17.1 Å². The Morgan fingerprint density at radius 1 is 0.960 bits per heavy atom. The number of benzene rings is 2. The molecule has 124 valence electrons. The second-order valence-corrected chi connectivity index (χ2v) is 5.78. The Labute approximate surface area is 145 Å². The zero-order valence-electron chi connectivity index (χ0n) is 14.1. The minimum Gasteiger partial charge on any atom is -0.497 e. The lowest BCUT2D eigenvalue weighted by atomic mass is 10.2. The van der Waals surface area contributed by atoms with Gasteiger partial charge in [0.2, 0.25) is 0 Å². The Balaban J connectivity index is 1.76. The van der Waals surface area contributed by atoms with Crippen molar-refractivity contribution in [1.82, 2.24) is 15.0 Å². The average Bonchev–Trinajstić information content (AvgIpc) is 3.07. The van der Waals surface area contributed by atoms with E-state index in [0.717, 1.165) is 45.4 Å². The number of rotatable bonds is 4. The molecule has 2 N–H and O–H groups in total. The van der Waals surface area contributed by atoms with Crippen molar-refractivity contribution >= 4 is 22.5 Å². The lowest BCUT2D eigenvalue weighted by Gasteiger charge is -2.08. The van der Waals surface area contributed by atoms with E-state index < -0.39 is 0 Å². The van der Waals surface area contributed by atoms with Gasteiger partial charge in [0.05, 0.1) is 12.6 Å². The van der Waals surface area contributed by atoms with Crippen LogP contribution in [-0.2, 0) is 0 Å². The number of ether oxygens (including phenoxy) is 1. The first-order chi connectivity index (χ1) is 12.2. The largest absolute Gasteiger partial charge is 0.497 e. The number of aromatic nitrogens is 3. The number of nitrogens with one attached hydrogen (secondary N) is 2. The van der Waals surface area contributed by atoms with E-state index in [0.29, 0.717) is 0 Å². The molecule has 2 heterocycles. The number of anilines is 2. The number of methoxy groups -OCH3 is 1. The van der Waals surface area contributed by atoms with Crippen LogP contribution in [0, 0.1) is 6.92 Å². The number of H-pyrrole nitrogens is 1. The second kappa shape index (κ2) is 6.28. The van der Waals surface area contributed by atoms with Crippen molar-refractivity contribution in [2.24, 2.45) is 0 Å². The highest BCUT2D eigenvalue weighted by molar-refractivity contribution is 5.91. The zero-order chi connectivity index (χ0) is 17.2. The summed E-state index contributed by atoms with van der Waals surface area (Å²) in [5.41, 5.74) is 4.86. The van der Waals surface area contributed by atoms with Gasteiger partial charge in [-0.15, -0.1) is 0 Å². The molecule has 25 heavy (non-hydrogen) atoms. The highest BCUT2D eigenvalue weighted by atomic mass is 16.5. The number of aromatic amines is 1. The van der Waals surface area contributed by atoms with Crippen molar-refractivity contribution < 1.29 is 4.74 Å². The molecule has 4 rings (SSSR count). The Morgan fingerprint density at radius 2 is 1.72 bits per heavy atom. The lowest BCUT2D eigenvalue weighted by molar-refractivity contribution is 0.415. The molecular weight excluding hydrogens is 312 g/mol. The van der Waals surface area contributed by atoms with E-state index >= 15 is 0 Å². The van der Waals surface area contributed by atoms with Gasteiger partial charge < -0.3 is 15.0 Å². The van der Waals surface area contributed by atoms with Crippen LogP contribution in [0.3, 0.4) is 0 Å². The minimum absolute atomic E-state index is 0.724. The Morgan fingerprint density at radius 3 is 2.44 bits per heavy atom. The molecular formula is C20H18N4O. The number of nitrogens with zero attached hydrogens (tertiary/aromatic N) is 2. The molecule has 0 aliphatic heterocycles. The predicted octanol–water partition coefficient (Wildman–Crippen LogP) is 4.69. The lowest BCUT2D eigenvalue weighted by Crippen LogP contribution is -1.98. The molecule has 0 spiro atoms. The van der Waals surface area contributed by atoms with Crippen molar-refractivity contribution in [3.63, 3.8) is 0 Å². The maximum Gasteiger partial charge on any atom is 0.158 e. The van der Waals surface area contributed by atoms with Gasteiger partial charge in [-0.05, 0) is 42.8 Å². The maximum atomic E-state index is 5.20. The van der Waals surface area contributed by atoms with Gasteiger partial charge in [-0.3, -0.25) is 0 Å². The minimum atomic E-state index is 0.724. The highest BCUT2D eigenvalue weighted by Gasteiger charge is 2.11. The normalized spacial score (nSPS) is 10.8. The molecule has 5 heteroatoms. The SMILES string of the molecule is COc1ccc(Nc2nc(C)nc3cc(-c4ccccc4)[nH]c23)cc1. The van der Waals surface area contributed by atoms with Gasteiger partial charge in [0.25, 0.3) is 0 Å². The molecule has 0 saturated carbocycles. The van der Waals surface area contributed by atoms with E-state index in [9.17, 15) is 0 Å². The summed E-state index contributed by atoms with van der Waals surface area (Å²) in [4.78, 5) is 12.5. The summed E-state index contributed by atoms with van der Waals surface area (Å²) < 4.78 is 5.20. The van der Waals surface area contributed by atoms with Gasteiger partial charge in [-0.2, -0.15) is 0 Å². The molecule has 5 nitrogen and oxygen atoms in total. The van der Waals surface area contributed by atoms with Crippen LogP contribution in [0.2, 0.25) is 0 Å². The number of hydrogen-bond donors (Lipinski definition) is 2. The third-order valence-corrected chi connectivity index (χ3v) is 4.03. The van der Waals surface area contributed by atoms with E-state index in [4.69, 9.17) is 4.74 Å². The topological polar surface area (TPSA) is 62.8 Å². The van der Waals surface area contributed by atoms with Gasteiger partial charge in [0.15, 0.2) is 5.82 Å². The molecule has 2 aromatic heterocycles. The van der Waals surface area contributed by atoms with Crippen LogP contribution in [0.4, 0.5) is 11.5 Å². The fraction of sp³-hybridized carbons (Fsp3) is 0.100. The molecule has 0 aliphatic carbocycles. The fourth-order valence-electron chi connectivity index (χ4n) is 2.80. The average molecular weight is 330 g/mol. The van der Waals surface area contributed by atoms with E-state index in [1.54, 1.807) is 7.11 Å². The molecule has 0 aliphatic rings. The van der Waals surface area contributed by atoms with Gasteiger partial charge >= 0.3 is 0 Å². The predicted molar refractivity (Wildman–Crippen MR) is 100 cm³/mol. The van der Waals surface area contributed by atoms with Crippen molar-refractivity contribution in [3.8, 4) is 17.0 Å². The number of hydrogen-bond acceptors (Lipinski definition) is 4. The summed E-state index contributed by atoms with van der Waals surface area (Å²) in [6.07, 6.45) is 0. The zero-order valence-corrected chi connectivity index (χ0v) is 14.1. The molecule has 0 bridgehead atoms. The fourth-order valence-corrected chi connectivity index (χ4v) is 2.80. The maximum absolute atomic E-state index is 5.20. The Bertz CT molecular complexity index is 1010. The first-order valence-electron chi connectivity index (χ1n) is 8.07. The standard InChI is InChI=1S/C20H18N4O/c1-13-21-18-12-17(14-6-4-3-5-7-14)24-19(18)20(22-13)23-15-8-10-16(25-2)11-9-15/h3-12,24H,1-2H3,(H,21,22,23). The molecule has 0 atom stereocenters. The third kappa shape index (κ3) is 3.04. The van der Waals surface area contributed by atoms with Crippen LogP contribution in [-0.4, -0.2) is 22.1 Å². The summed E-state index contributed by atoms with van der Waals surface area (Å²) >= 11 is 0. The van der Waals surface area contributed by atoms with Crippen LogP contribution >= 0.6 is 0 Å². The molecule has 4 aromatic rings. The van der Waals surface area contributed by atoms with Crippen molar-refractivity contribution in [2.75, 3.05) is 12.4 Å². The van der Waals surface area contributed by atoms with Crippen LogP contribution in [0.5, 0.6) is 5.75 Å². The van der Waals surface area contributed by atoms with Crippen LogP contribution in [0.15, 0.2) is 60.7 Å². The summed E-state index contributed by atoms with van der Waals surface area (Å²) in [5, 5.41) is 3.37. The quantitative estimate of drug-likeness (QED) is 0.570. The molecule has 0 radical (unpaired) electrons. The summed E-state index contributed by atoms with van der Waals surface area (Å²) in [6, 6.07) is 20.0. The van der Waals surface area contributed by atoms with Gasteiger partial charge in [0, 0.05) is 11.4 Å². The molecule has 2 aromatic carbocycles. The van der Waals surface area contributed by atoms with Crippen molar-refractivity contribution in [3.05, 3.63) is 66.5 Å². The van der Waals surface area contributed by atoms with E-state index in [1.165, 1.54) is 0 Å². The van der Waals surface area contributed by atoms with Crippen molar-refractivity contribution in [1.29, 1.82) is 0 Å². The van der Waals surface area contributed by atoms with E-state index in [2.05, 4.69) is 38.5 Å². The number of fused-ring (bicyclic) bond motifs is 1. The van der Waals surface area contributed by atoms with Crippen molar-refractivity contribution in [2.45, 2.75) is 6.92 Å². The second-order valence-electron chi connectivity index (χ2n) is 5.78. The third-order valence-electron chi connectivity index (χ3n) is 4.03. The monoisotopic (exact) mass is 330 g/mol. The summed E-state index contributed by atoms with van der Waals surface area (Å²) in [7, 11) is 1.66.